The van der Waals surface area contributed by atoms with E-state index in [1.54, 1.807) is 0 Å². The van der Waals surface area contributed by atoms with Crippen molar-refractivity contribution in [2.24, 2.45) is 5.73 Å². The van der Waals surface area contributed by atoms with Gasteiger partial charge < -0.3 is 10.5 Å². The lowest BCUT2D eigenvalue weighted by Gasteiger charge is -2.12. The van der Waals surface area contributed by atoms with Crippen LogP contribution in [-0.2, 0) is 0 Å². The Morgan fingerprint density at radius 3 is 2.64 bits per heavy atom. The number of rotatable bonds is 3. The van der Waals surface area contributed by atoms with Crippen LogP contribution in [0.3, 0.4) is 0 Å². The van der Waals surface area contributed by atoms with E-state index in [9.17, 15) is 0 Å². The van der Waals surface area contributed by atoms with Crippen LogP contribution < -0.4 is 10.5 Å². The molecule has 0 aliphatic carbocycles. The second-order valence-electron chi connectivity index (χ2n) is 3.17. The third-order valence-electron chi connectivity index (χ3n) is 1.65. The second-order valence-corrected chi connectivity index (χ2v) is 3.58. The lowest BCUT2D eigenvalue weighted by Crippen LogP contribution is -2.23. The van der Waals surface area contributed by atoms with Crippen LogP contribution in [0.25, 0.3) is 0 Å². The molecule has 0 spiro atoms. The van der Waals surface area contributed by atoms with Gasteiger partial charge in [-0.05, 0) is 25.5 Å². The highest BCUT2D eigenvalue weighted by Gasteiger charge is 2.05. The van der Waals surface area contributed by atoms with Gasteiger partial charge >= 0.3 is 0 Å². The SMILES string of the molecule is Cc1cccc(Cl)c1OCC(C)N.Cl. The van der Waals surface area contributed by atoms with Crippen molar-refractivity contribution in [3.8, 4) is 5.75 Å². The number of benzene rings is 1. The van der Waals surface area contributed by atoms with Crippen molar-refractivity contribution in [1.29, 1.82) is 0 Å². The molecule has 1 rings (SSSR count). The first-order chi connectivity index (χ1) is 6.11. The summed E-state index contributed by atoms with van der Waals surface area (Å²) in [6.07, 6.45) is 0. The van der Waals surface area contributed by atoms with Crippen molar-refractivity contribution in [3.05, 3.63) is 28.8 Å². The van der Waals surface area contributed by atoms with E-state index in [1.165, 1.54) is 0 Å². The smallest absolute Gasteiger partial charge is 0.140 e. The molecule has 0 saturated carbocycles. The fraction of sp³-hybridized carbons (Fsp3) is 0.400. The van der Waals surface area contributed by atoms with E-state index in [2.05, 4.69) is 0 Å². The molecule has 14 heavy (non-hydrogen) atoms. The molecular weight excluding hydrogens is 221 g/mol. The Kier molecular flexibility index (Phi) is 5.93. The molecule has 0 saturated heterocycles. The zero-order valence-electron chi connectivity index (χ0n) is 8.29. The monoisotopic (exact) mass is 235 g/mol. The Morgan fingerprint density at radius 1 is 1.50 bits per heavy atom. The maximum atomic E-state index is 5.95. The van der Waals surface area contributed by atoms with Gasteiger partial charge in [-0.3, -0.25) is 0 Å². The van der Waals surface area contributed by atoms with Crippen LogP contribution in [0, 0.1) is 6.92 Å². The van der Waals surface area contributed by atoms with Gasteiger partial charge in [-0.15, -0.1) is 12.4 Å². The molecule has 1 atom stereocenters. The van der Waals surface area contributed by atoms with Crippen LogP contribution in [0.5, 0.6) is 5.75 Å². The number of aryl methyl sites for hydroxylation is 1. The van der Waals surface area contributed by atoms with E-state index >= 15 is 0 Å². The Bertz CT molecular complexity index is 269. The number of hydrogen-bond donors (Lipinski definition) is 1. The minimum atomic E-state index is 0. The number of nitrogens with two attached hydrogens (primary N) is 1. The molecule has 80 valence electrons. The van der Waals surface area contributed by atoms with Gasteiger partial charge in [0.25, 0.3) is 0 Å². The van der Waals surface area contributed by atoms with Crippen LogP contribution in [0.4, 0.5) is 0 Å². The highest BCUT2D eigenvalue weighted by molar-refractivity contribution is 6.32. The molecule has 1 unspecified atom stereocenters. The highest BCUT2D eigenvalue weighted by atomic mass is 35.5. The molecule has 1 aromatic carbocycles. The van der Waals surface area contributed by atoms with Gasteiger partial charge in [0.15, 0.2) is 0 Å². The van der Waals surface area contributed by atoms with Gasteiger partial charge in [0.1, 0.15) is 12.4 Å². The molecule has 0 aliphatic heterocycles. The summed E-state index contributed by atoms with van der Waals surface area (Å²) in [4.78, 5) is 0. The van der Waals surface area contributed by atoms with Crippen molar-refractivity contribution in [1.82, 2.24) is 0 Å². The summed E-state index contributed by atoms with van der Waals surface area (Å²) in [5, 5.41) is 0.639. The number of halogens is 2. The first-order valence-electron chi connectivity index (χ1n) is 4.24. The maximum absolute atomic E-state index is 5.95. The molecule has 2 N–H and O–H groups in total. The fourth-order valence-electron chi connectivity index (χ4n) is 1.01. The Labute approximate surface area is 95.8 Å². The molecule has 0 bridgehead atoms. The first-order valence-corrected chi connectivity index (χ1v) is 4.62. The summed E-state index contributed by atoms with van der Waals surface area (Å²) in [5.41, 5.74) is 6.61. The molecular formula is C10H15Cl2NO. The van der Waals surface area contributed by atoms with Crippen molar-refractivity contribution in [2.75, 3.05) is 6.61 Å². The number of hydrogen-bond acceptors (Lipinski definition) is 2. The predicted octanol–water partition coefficient (Wildman–Crippen LogP) is 2.80. The summed E-state index contributed by atoms with van der Waals surface area (Å²) >= 11 is 5.95. The maximum Gasteiger partial charge on any atom is 0.140 e. The average molecular weight is 236 g/mol. The summed E-state index contributed by atoms with van der Waals surface area (Å²) in [6, 6.07) is 5.69. The first kappa shape index (κ1) is 13.6. The third kappa shape index (κ3) is 3.74. The Balaban J connectivity index is 0.00000169. The van der Waals surface area contributed by atoms with Gasteiger partial charge in [0.05, 0.1) is 5.02 Å². The van der Waals surface area contributed by atoms with Crippen molar-refractivity contribution < 1.29 is 4.74 Å². The standard InChI is InChI=1S/C10H14ClNO.ClH/c1-7-4-3-5-9(11)10(7)13-6-8(2)12;/h3-5,8H,6,12H2,1-2H3;1H. The van der Waals surface area contributed by atoms with E-state index in [4.69, 9.17) is 22.1 Å². The van der Waals surface area contributed by atoms with Crippen LogP contribution in [-0.4, -0.2) is 12.6 Å². The van der Waals surface area contributed by atoms with E-state index in [-0.39, 0.29) is 18.4 Å². The minimum Gasteiger partial charge on any atom is -0.490 e. The number of para-hydroxylation sites is 1. The van der Waals surface area contributed by atoms with Crippen molar-refractivity contribution >= 4 is 24.0 Å². The zero-order valence-corrected chi connectivity index (χ0v) is 9.86. The summed E-state index contributed by atoms with van der Waals surface area (Å²) in [6.45, 7) is 4.35. The lowest BCUT2D eigenvalue weighted by atomic mass is 10.2. The molecule has 0 heterocycles. The van der Waals surface area contributed by atoms with Crippen molar-refractivity contribution in [3.63, 3.8) is 0 Å². The second kappa shape index (κ2) is 6.12. The number of ether oxygens (including phenoxy) is 1. The zero-order chi connectivity index (χ0) is 9.84. The highest BCUT2D eigenvalue weighted by Crippen LogP contribution is 2.27. The summed E-state index contributed by atoms with van der Waals surface area (Å²) in [7, 11) is 0. The van der Waals surface area contributed by atoms with Gasteiger partial charge in [-0.2, -0.15) is 0 Å². The molecule has 0 fully saturated rings. The van der Waals surface area contributed by atoms with Crippen LogP contribution >= 0.6 is 24.0 Å². The molecule has 2 nitrogen and oxygen atoms in total. The van der Waals surface area contributed by atoms with Gasteiger partial charge in [0, 0.05) is 6.04 Å². The Hall–Kier alpha value is -0.440. The molecule has 1 aromatic rings. The van der Waals surface area contributed by atoms with Crippen LogP contribution in [0.15, 0.2) is 18.2 Å². The van der Waals surface area contributed by atoms with Crippen LogP contribution in [0.1, 0.15) is 12.5 Å². The topological polar surface area (TPSA) is 35.2 Å². The molecule has 0 aliphatic rings. The van der Waals surface area contributed by atoms with Gasteiger partial charge in [0.2, 0.25) is 0 Å². The normalized spacial score (nSPS) is 11.7. The lowest BCUT2D eigenvalue weighted by molar-refractivity contribution is 0.294. The molecule has 4 heteroatoms. The summed E-state index contributed by atoms with van der Waals surface area (Å²) < 4.78 is 5.47. The average Bonchev–Trinajstić information content (AvgIpc) is 2.03. The van der Waals surface area contributed by atoms with E-state index in [1.807, 2.05) is 32.0 Å². The van der Waals surface area contributed by atoms with E-state index in [0.29, 0.717) is 11.6 Å². The third-order valence-corrected chi connectivity index (χ3v) is 1.95. The minimum absolute atomic E-state index is 0. The quantitative estimate of drug-likeness (QED) is 0.875. The van der Waals surface area contributed by atoms with Gasteiger partial charge in [-0.1, -0.05) is 23.7 Å². The summed E-state index contributed by atoms with van der Waals surface area (Å²) in [5.74, 6) is 0.737. The van der Waals surface area contributed by atoms with E-state index in [0.717, 1.165) is 11.3 Å². The molecule has 0 amide bonds. The molecule has 0 aromatic heterocycles. The van der Waals surface area contributed by atoms with Crippen LogP contribution in [0.2, 0.25) is 5.02 Å². The van der Waals surface area contributed by atoms with E-state index < -0.39 is 0 Å². The fourth-order valence-corrected chi connectivity index (χ4v) is 1.29. The Morgan fingerprint density at radius 2 is 2.14 bits per heavy atom. The predicted molar refractivity (Wildman–Crippen MR) is 62.6 cm³/mol. The molecule has 0 radical (unpaired) electrons. The largest absolute Gasteiger partial charge is 0.490 e. The van der Waals surface area contributed by atoms with Crippen molar-refractivity contribution in [2.45, 2.75) is 19.9 Å². The van der Waals surface area contributed by atoms with Gasteiger partial charge in [-0.25, -0.2) is 0 Å².